The van der Waals surface area contributed by atoms with Gasteiger partial charge in [-0.25, -0.2) is 9.97 Å². The fraction of sp³-hybridized carbons (Fsp3) is 0.400. The van der Waals surface area contributed by atoms with E-state index in [-0.39, 0.29) is 12.0 Å². The Labute approximate surface area is 207 Å². The van der Waals surface area contributed by atoms with E-state index in [4.69, 9.17) is 14.2 Å². The SMILES string of the molecule is CCOC(=O)C1CCCCN1CCOc1cc2c(Nc3cccc(Br)c3)ncnc2cc1OC. The summed E-state index contributed by atoms with van der Waals surface area (Å²) in [6.45, 7) is 4.13. The molecule has 0 saturated carbocycles. The highest BCUT2D eigenvalue weighted by atomic mass is 79.9. The van der Waals surface area contributed by atoms with Crippen LogP contribution in [0.25, 0.3) is 10.9 Å². The molecule has 3 aromatic rings. The molecule has 1 atom stereocenters. The summed E-state index contributed by atoms with van der Waals surface area (Å²) in [4.78, 5) is 23.3. The zero-order valence-electron chi connectivity index (χ0n) is 19.4. The van der Waals surface area contributed by atoms with Gasteiger partial charge < -0.3 is 19.5 Å². The van der Waals surface area contributed by atoms with Crippen LogP contribution in [0.1, 0.15) is 26.2 Å². The molecule has 0 amide bonds. The van der Waals surface area contributed by atoms with Crippen LogP contribution in [0.15, 0.2) is 47.2 Å². The number of piperidine rings is 1. The Morgan fingerprint density at radius 2 is 2.09 bits per heavy atom. The van der Waals surface area contributed by atoms with Gasteiger partial charge in [0, 0.05) is 28.2 Å². The highest BCUT2D eigenvalue weighted by Gasteiger charge is 2.29. The number of anilines is 2. The predicted octanol–water partition coefficient (Wildman–Crippen LogP) is 4.94. The summed E-state index contributed by atoms with van der Waals surface area (Å²) in [5, 5.41) is 4.17. The summed E-state index contributed by atoms with van der Waals surface area (Å²) in [6.07, 6.45) is 4.44. The lowest BCUT2D eigenvalue weighted by atomic mass is 10.0. The lowest BCUT2D eigenvalue weighted by molar-refractivity contribution is -0.151. The molecule has 0 bridgehead atoms. The number of ether oxygens (including phenoxy) is 3. The molecule has 0 radical (unpaired) electrons. The maximum Gasteiger partial charge on any atom is 0.323 e. The van der Waals surface area contributed by atoms with E-state index in [0.29, 0.717) is 37.1 Å². The quantitative estimate of drug-likeness (QED) is 0.390. The van der Waals surface area contributed by atoms with E-state index in [1.807, 2.05) is 43.3 Å². The predicted molar refractivity (Wildman–Crippen MR) is 135 cm³/mol. The zero-order valence-corrected chi connectivity index (χ0v) is 21.0. The van der Waals surface area contributed by atoms with Gasteiger partial charge in [0.1, 0.15) is 24.8 Å². The molecule has 1 unspecified atom stereocenters. The van der Waals surface area contributed by atoms with E-state index < -0.39 is 0 Å². The van der Waals surface area contributed by atoms with Crippen molar-refractivity contribution in [3.8, 4) is 11.5 Å². The number of esters is 1. The first-order valence-corrected chi connectivity index (χ1v) is 12.3. The minimum Gasteiger partial charge on any atom is -0.493 e. The molecule has 0 spiro atoms. The second-order valence-electron chi connectivity index (χ2n) is 8.03. The van der Waals surface area contributed by atoms with Crippen LogP contribution < -0.4 is 14.8 Å². The molecule has 1 aromatic heterocycles. The molecule has 4 rings (SSSR count). The molecule has 0 aliphatic carbocycles. The van der Waals surface area contributed by atoms with Crippen LogP contribution in [0.2, 0.25) is 0 Å². The molecule has 2 aromatic carbocycles. The van der Waals surface area contributed by atoms with E-state index >= 15 is 0 Å². The molecule has 1 N–H and O–H groups in total. The van der Waals surface area contributed by atoms with Crippen LogP contribution in [0.5, 0.6) is 11.5 Å². The van der Waals surface area contributed by atoms with Crippen molar-refractivity contribution in [3.05, 3.63) is 47.2 Å². The number of methoxy groups -OCH3 is 1. The Morgan fingerprint density at radius 3 is 2.88 bits per heavy atom. The third-order valence-corrected chi connectivity index (χ3v) is 6.31. The lowest BCUT2D eigenvalue weighted by Crippen LogP contribution is -2.47. The third kappa shape index (κ3) is 5.77. The van der Waals surface area contributed by atoms with Crippen molar-refractivity contribution in [1.29, 1.82) is 0 Å². The van der Waals surface area contributed by atoms with Crippen LogP contribution in [-0.2, 0) is 9.53 Å². The lowest BCUT2D eigenvalue weighted by Gasteiger charge is -2.33. The first-order valence-electron chi connectivity index (χ1n) is 11.5. The van der Waals surface area contributed by atoms with Crippen molar-refractivity contribution in [2.45, 2.75) is 32.2 Å². The largest absolute Gasteiger partial charge is 0.493 e. The van der Waals surface area contributed by atoms with Gasteiger partial charge in [-0.15, -0.1) is 0 Å². The van der Waals surface area contributed by atoms with Crippen molar-refractivity contribution < 1.29 is 19.0 Å². The standard InChI is InChI=1S/C25H29BrN4O4/c1-3-33-25(31)21-9-4-5-10-30(21)11-12-34-23-14-19-20(15-22(23)32-2)27-16-28-24(19)29-18-8-6-7-17(26)13-18/h6-8,13-16,21H,3-5,9-12H2,1-2H3,(H,27,28,29). The topological polar surface area (TPSA) is 85.8 Å². The number of carbonyl (C=O) groups is 1. The number of aromatic nitrogens is 2. The van der Waals surface area contributed by atoms with Gasteiger partial charge in [-0.1, -0.05) is 28.4 Å². The molecule has 8 nitrogen and oxygen atoms in total. The monoisotopic (exact) mass is 528 g/mol. The highest BCUT2D eigenvalue weighted by Crippen LogP contribution is 2.35. The molecular formula is C25H29BrN4O4. The van der Waals surface area contributed by atoms with Gasteiger partial charge in [0.25, 0.3) is 0 Å². The summed E-state index contributed by atoms with van der Waals surface area (Å²) in [7, 11) is 1.61. The Morgan fingerprint density at radius 1 is 1.21 bits per heavy atom. The number of rotatable bonds is 9. The second-order valence-corrected chi connectivity index (χ2v) is 8.94. The minimum absolute atomic E-state index is 0.147. The van der Waals surface area contributed by atoms with Gasteiger partial charge >= 0.3 is 5.97 Å². The summed E-state index contributed by atoms with van der Waals surface area (Å²) >= 11 is 3.50. The average Bonchev–Trinajstić information content (AvgIpc) is 2.84. The maximum atomic E-state index is 12.3. The summed E-state index contributed by atoms with van der Waals surface area (Å²) in [5.41, 5.74) is 1.65. The van der Waals surface area contributed by atoms with E-state index in [0.717, 1.165) is 46.9 Å². The average molecular weight is 529 g/mol. The number of nitrogens with zero attached hydrogens (tertiary/aromatic N) is 3. The number of hydrogen-bond acceptors (Lipinski definition) is 8. The minimum atomic E-state index is -0.204. The number of nitrogens with one attached hydrogen (secondary N) is 1. The normalized spacial score (nSPS) is 16.3. The van der Waals surface area contributed by atoms with Crippen molar-refractivity contribution >= 4 is 44.3 Å². The second kappa shape index (κ2) is 11.5. The van der Waals surface area contributed by atoms with Crippen LogP contribution in [0, 0.1) is 0 Å². The molecular weight excluding hydrogens is 500 g/mol. The molecule has 180 valence electrons. The van der Waals surface area contributed by atoms with Crippen LogP contribution in [0.3, 0.4) is 0 Å². The third-order valence-electron chi connectivity index (χ3n) is 5.82. The van der Waals surface area contributed by atoms with Crippen LogP contribution in [0.4, 0.5) is 11.5 Å². The van der Waals surface area contributed by atoms with Gasteiger partial charge in [0.2, 0.25) is 0 Å². The van der Waals surface area contributed by atoms with Gasteiger partial charge in [-0.05, 0) is 50.6 Å². The molecule has 34 heavy (non-hydrogen) atoms. The van der Waals surface area contributed by atoms with Crippen LogP contribution in [-0.4, -0.2) is 60.3 Å². The molecule has 2 heterocycles. The van der Waals surface area contributed by atoms with Gasteiger partial charge in [-0.2, -0.15) is 0 Å². The van der Waals surface area contributed by atoms with E-state index in [2.05, 4.69) is 36.1 Å². The number of fused-ring (bicyclic) bond motifs is 1. The van der Waals surface area contributed by atoms with E-state index in [1.54, 1.807) is 7.11 Å². The zero-order chi connectivity index (χ0) is 23.9. The number of halogens is 1. The molecule has 1 aliphatic rings. The van der Waals surface area contributed by atoms with Crippen molar-refractivity contribution in [2.75, 3.05) is 38.7 Å². The van der Waals surface area contributed by atoms with E-state index in [9.17, 15) is 4.79 Å². The summed E-state index contributed by atoms with van der Waals surface area (Å²) in [5.74, 6) is 1.73. The Bertz CT molecular complexity index is 1140. The van der Waals surface area contributed by atoms with Crippen molar-refractivity contribution in [3.63, 3.8) is 0 Å². The number of hydrogen-bond donors (Lipinski definition) is 1. The fourth-order valence-electron chi connectivity index (χ4n) is 4.18. The first-order chi connectivity index (χ1) is 16.6. The number of benzene rings is 2. The Kier molecular flexibility index (Phi) is 8.18. The maximum absolute atomic E-state index is 12.3. The van der Waals surface area contributed by atoms with Crippen molar-refractivity contribution in [2.24, 2.45) is 0 Å². The molecule has 9 heteroatoms. The number of likely N-dealkylation sites (tertiary alicyclic amines) is 1. The van der Waals surface area contributed by atoms with E-state index in [1.165, 1.54) is 6.33 Å². The smallest absolute Gasteiger partial charge is 0.323 e. The first kappa shape index (κ1) is 24.2. The highest BCUT2D eigenvalue weighted by molar-refractivity contribution is 9.10. The van der Waals surface area contributed by atoms with Gasteiger partial charge in [-0.3, -0.25) is 9.69 Å². The molecule has 1 fully saturated rings. The van der Waals surface area contributed by atoms with Crippen molar-refractivity contribution in [1.82, 2.24) is 14.9 Å². The summed E-state index contributed by atoms with van der Waals surface area (Å²) in [6, 6.07) is 11.4. The van der Waals surface area contributed by atoms with Gasteiger partial charge in [0.15, 0.2) is 11.5 Å². The number of carbonyl (C=O) groups excluding carboxylic acids is 1. The fourth-order valence-corrected chi connectivity index (χ4v) is 4.58. The van der Waals surface area contributed by atoms with Crippen LogP contribution >= 0.6 is 15.9 Å². The Hall–Kier alpha value is -2.91. The Balaban J connectivity index is 1.51. The summed E-state index contributed by atoms with van der Waals surface area (Å²) < 4.78 is 17.9. The molecule has 1 aliphatic heterocycles. The molecule has 1 saturated heterocycles. The van der Waals surface area contributed by atoms with Gasteiger partial charge in [0.05, 0.1) is 19.2 Å².